The van der Waals surface area contributed by atoms with Gasteiger partial charge in [-0.25, -0.2) is 9.97 Å². The number of fused-ring (bicyclic) bond motifs is 1. The highest BCUT2D eigenvalue weighted by molar-refractivity contribution is 7.13. The molecule has 0 aliphatic carbocycles. The molecule has 5 rings (SSSR count). The lowest BCUT2D eigenvalue weighted by Crippen LogP contribution is -2.27. The predicted octanol–water partition coefficient (Wildman–Crippen LogP) is 5.31. The van der Waals surface area contributed by atoms with Gasteiger partial charge in [-0.2, -0.15) is 4.98 Å². The first-order chi connectivity index (χ1) is 16.0. The van der Waals surface area contributed by atoms with Gasteiger partial charge in [0.05, 0.1) is 33.2 Å². The minimum absolute atomic E-state index is 0.156. The number of hydrogen-bond acceptors (Lipinski definition) is 7. The number of benzene rings is 2. The number of nitrogens with one attached hydrogen (secondary N) is 1. The third-order valence-electron chi connectivity index (χ3n) is 5.22. The predicted molar refractivity (Wildman–Crippen MR) is 134 cm³/mol. The largest absolute Gasteiger partial charge is 0.368 e. The first-order valence-electron chi connectivity index (χ1n) is 10.2. The highest BCUT2D eigenvalue weighted by Gasteiger charge is 2.21. The topological polar surface area (TPSA) is 98.7 Å². The lowest BCUT2D eigenvalue weighted by molar-refractivity contribution is 0.731. The maximum absolute atomic E-state index is 13.6. The van der Waals surface area contributed by atoms with Crippen molar-refractivity contribution in [1.29, 1.82) is 0 Å². The summed E-state index contributed by atoms with van der Waals surface area (Å²) in [7, 11) is 0. The summed E-state index contributed by atoms with van der Waals surface area (Å²) in [5.41, 5.74) is 7.70. The Labute approximate surface area is 198 Å². The molecule has 33 heavy (non-hydrogen) atoms. The summed E-state index contributed by atoms with van der Waals surface area (Å²) in [6.45, 7) is 1.92. The summed E-state index contributed by atoms with van der Waals surface area (Å²) in [6, 6.07) is 18.2. The molecule has 3 heterocycles. The third kappa shape index (κ3) is 3.94. The second-order valence-electron chi connectivity index (χ2n) is 7.41. The van der Waals surface area contributed by atoms with Crippen LogP contribution in [0.25, 0.3) is 27.0 Å². The van der Waals surface area contributed by atoms with Crippen molar-refractivity contribution in [3.05, 3.63) is 93.4 Å². The van der Waals surface area contributed by atoms with Gasteiger partial charge < -0.3 is 11.1 Å². The molecular weight excluding hydrogens is 456 g/mol. The van der Waals surface area contributed by atoms with Crippen LogP contribution in [-0.2, 0) is 0 Å². The van der Waals surface area contributed by atoms with E-state index in [1.165, 1.54) is 0 Å². The van der Waals surface area contributed by atoms with Crippen LogP contribution in [-0.4, -0.2) is 19.5 Å². The van der Waals surface area contributed by atoms with Crippen molar-refractivity contribution in [3.63, 3.8) is 0 Å². The number of thiophene rings is 1. The highest BCUT2D eigenvalue weighted by Crippen LogP contribution is 2.32. The fourth-order valence-electron chi connectivity index (χ4n) is 3.71. The van der Waals surface area contributed by atoms with E-state index in [1.54, 1.807) is 40.3 Å². The van der Waals surface area contributed by atoms with Gasteiger partial charge in [-0.3, -0.25) is 9.36 Å². The molecule has 0 amide bonds. The number of anilines is 2. The van der Waals surface area contributed by atoms with Crippen molar-refractivity contribution < 1.29 is 0 Å². The van der Waals surface area contributed by atoms with Crippen LogP contribution in [0.3, 0.4) is 0 Å². The highest BCUT2D eigenvalue weighted by atomic mass is 35.5. The van der Waals surface area contributed by atoms with Gasteiger partial charge in [0.25, 0.3) is 5.56 Å². The van der Waals surface area contributed by atoms with Gasteiger partial charge >= 0.3 is 0 Å². The van der Waals surface area contributed by atoms with Crippen molar-refractivity contribution in [1.82, 2.24) is 19.5 Å². The van der Waals surface area contributed by atoms with E-state index in [4.69, 9.17) is 22.3 Å². The van der Waals surface area contributed by atoms with Gasteiger partial charge in [0, 0.05) is 11.1 Å². The van der Waals surface area contributed by atoms with Crippen LogP contribution < -0.4 is 16.6 Å². The lowest BCUT2D eigenvalue weighted by Gasteiger charge is -2.21. The summed E-state index contributed by atoms with van der Waals surface area (Å²) < 4.78 is 1.58. The van der Waals surface area contributed by atoms with E-state index in [0.29, 0.717) is 33.3 Å². The molecular formula is C24H19ClN6OS. The minimum Gasteiger partial charge on any atom is -0.368 e. The maximum Gasteiger partial charge on any atom is 0.267 e. The Morgan fingerprint density at radius 2 is 1.88 bits per heavy atom. The van der Waals surface area contributed by atoms with Crippen LogP contribution >= 0.6 is 22.9 Å². The van der Waals surface area contributed by atoms with Crippen molar-refractivity contribution in [2.45, 2.75) is 13.0 Å². The number of rotatable bonds is 5. The molecule has 0 saturated heterocycles. The molecule has 0 radical (unpaired) electrons. The Morgan fingerprint density at radius 3 is 2.64 bits per heavy atom. The van der Waals surface area contributed by atoms with Gasteiger partial charge in [-0.15, -0.1) is 11.3 Å². The zero-order chi connectivity index (χ0) is 22.9. The molecule has 0 bridgehead atoms. The number of hydrogen-bond donors (Lipinski definition) is 2. The quantitative estimate of drug-likeness (QED) is 0.358. The SMILES string of the molecule is CC(Nc1nc(N)ncc1-c1cccs1)c1nc2cccc(Cl)c2c(=O)n1-c1ccccc1. The van der Waals surface area contributed by atoms with Gasteiger partial charge in [0.1, 0.15) is 11.6 Å². The Morgan fingerprint density at radius 1 is 1.06 bits per heavy atom. The number of nitrogens with zero attached hydrogens (tertiary/aromatic N) is 4. The lowest BCUT2D eigenvalue weighted by atomic mass is 10.2. The molecule has 9 heteroatoms. The molecule has 7 nitrogen and oxygen atoms in total. The van der Waals surface area contributed by atoms with Crippen LogP contribution in [0.2, 0.25) is 5.02 Å². The number of aromatic nitrogens is 4. The molecule has 2 aromatic carbocycles. The molecule has 0 saturated carbocycles. The van der Waals surface area contributed by atoms with Gasteiger partial charge in [0.15, 0.2) is 0 Å². The number of nitrogens with two attached hydrogens (primary N) is 1. The Hall–Kier alpha value is -3.75. The summed E-state index contributed by atoms with van der Waals surface area (Å²) >= 11 is 7.96. The summed E-state index contributed by atoms with van der Waals surface area (Å²) in [5, 5.41) is 6.12. The molecule has 1 unspecified atom stereocenters. The van der Waals surface area contributed by atoms with E-state index >= 15 is 0 Å². The van der Waals surface area contributed by atoms with E-state index in [0.717, 1.165) is 10.4 Å². The Kier molecular flexibility index (Phi) is 5.53. The van der Waals surface area contributed by atoms with Crippen LogP contribution in [0.15, 0.2) is 77.0 Å². The van der Waals surface area contributed by atoms with Crippen LogP contribution in [0.1, 0.15) is 18.8 Å². The first-order valence-corrected chi connectivity index (χ1v) is 11.5. The number of para-hydroxylation sites is 1. The molecule has 0 aliphatic heterocycles. The summed E-state index contributed by atoms with van der Waals surface area (Å²) in [6.07, 6.45) is 1.70. The molecule has 0 spiro atoms. The zero-order valence-corrected chi connectivity index (χ0v) is 19.1. The molecule has 3 aromatic heterocycles. The van der Waals surface area contributed by atoms with Crippen LogP contribution in [0.5, 0.6) is 0 Å². The second-order valence-corrected chi connectivity index (χ2v) is 8.77. The molecule has 1 atom stereocenters. The molecule has 0 aliphatic rings. The van der Waals surface area contributed by atoms with Crippen LogP contribution in [0, 0.1) is 0 Å². The fourth-order valence-corrected chi connectivity index (χ4v) is 4.70. The first kappa shape index (κ1) is 21.1. The van der Waals surface area contributed by atoms with Gasteiger partial charge in [-0.1, -0.05) is 41.9 Å². The molecule has 0 fully saturated rings. The zero-order valence-electron chi connectivity index (χ0n) is 17.6. The molecule has 5 aromatic rings. The van der Waals surface area contributed by atoms with Crippen molar-refractivity contribution >= 4 is 45.6 Å². The van der Waals surface area contributed by atoms with E-state index in [1.807, 2.05) is 54.8 Å². The third-order valence-corrected chi connectivity index (χ3v) is 6.44. The summed E-state index contributed by atoms with van der Waals surface area (Å²) in [4.78, 5) is 28.0. The Balaban J connectivity index is 1.68. The van der Waals surface area contributed by atoms with Crippen LogP contribution in [0.4, 0.5) is 11.8 Å². The van der Waals surface area contributed by atoms with Crippen molar-refractivity contribution in [2.75, 3.05) is 11.1 Å². The molecule has 164 valence electrons. The number of nitrogen functional groups attached to an aromatic ring is 1. The average Bonchev–Trinajstić information content (AvgIpc) is 3.34. The van der Waals surface area contributed by atoms with E-state index < -0.39 is 6.04 Å². The van der Waals surface area contributed by atoms with Gasteiger partial charge in [0.2, 0.25) is 5.95 Å². The Bertz CT molecular complexity index is 1500. The maximum atomic E-state index is 13.6. The van der Waals surface area contributed by atoms with E-state index in [-0.39, 0.29) is 11.5 Å². The standard InChI is InChI=1S/C24H19ClN6OS/c1-14(28-21-16(13-27-24(26)30-21)19-11-6-12-33-19)22-29-18-10-5-9-17(25)20(18)23(32)31(22)15-7-3-2-4-8-15/h2-14H,1H3,(H3,26,27,28,30). The average molecular weight is 475 g/mol. The minimum atomic E-state index is -0.394. The van der Waals surface area contributed by atoms with Crippen molar-refractivity contribution in [2.24, 2.45) is 0 Å². The fraction of sp³-hybridized carbons (Fsp3) is 0.0833. The monoisotopic (exact) mass is 474 g/mol. The van der Waals surface area contributed by atoms with Gasteiger partial charge in [-0.05, 0) is 42.6 Å². The second kappa shape index (κ2) is 8.65. The summed E-state index contributed by atoms with van der Waals surface area (Å²) in [5.74, 6) is 1.25. The van der Waals surface area contributed by atoms with E-state index in [2.05, 4.69) is 15.3 Å². The smallest absolute Gasteiger partial charge is 0.267 e. The molecule has 3 N–H and O–H groups in total. The van der Waals surface area contributed by atoms with Crippen molar-refractivity contribution in [3.8, 4) is 16.1 Å². The number of halogens is 1. The van der Waals surface area contributed by atoms with E-state index in [9.17, 15) is 4.79 Å². The normalized spacial score (nSPS) is 12.1.